The number of ketones is 1. The Kier molecular flexibility index (Phi) is 4.13. The molecule has 122 valence electrons. The zero-order chi connectivity index (χ0) is 17.3. The lowest BCUT2D eigenvalue weighted by Crippen LogP contribution is -2.13. The van der Waals surface area contributed by atoms with E-state index in [2.05, 4.69) is 6.58 Å². The molecule has 1 aliphatic rings. The number of aromatic hydroxyl groups is 2. The first-order chi connectivity index (χ1) is 11.5. The monoisotopic (exact) mass is 322 g/mol. The van der Waals surface area contributed by atoms with Gasteiger partial charge in [-0.2, -0.15) is 0 Å². The van der Waals surface area contributed by atoms with E-state index < -0.39 is 0 Å². The molecule has 0 saturated heterocycles. The molecule has 2 aromatic rings. The Balaban J connectivity index is 1.83. The number of ether oxygens (including phenoxy) is 1. The van der Waals surface area contributed by atoms with E-state index >= 15 is 0 Å². The molecule has 2 aromatic carbocycles. The molecular formula is C20H18O4. The van der Waals surface area contributed by atoms with Crippen LogP contribution in [0.2, 0.25) is 0 Å². The molecule has 0 aromatic heterocycles. The summed E-state index contributed by atoms with van der Waals surface area (Å²) in [6.07, 6.45) is 3.39. The van der Waals surface area contributed by atoms with Crippen molar-refractivity contribution in [1.82, 2.24) is 0 Å². The first-order valence-corrected chi connectivity index (χ1v) is 7.64. The minimum atomic E-state index is -0.290. The lowest BCUT2D eigenvalue weighted by molar-refractivity contribution is 0.104. The third kappa shape index (κ3) is 3.04. The van der Waals surface area contributed by atoms with Gasteiger partial charge in [-0.05, 0) is 48.4 Å². The van der Waals surface area contributed by atoms with Gasteiger partial charge in [-0.3, -0.25) is 4.79 Å². The number of fused-ring (bicyclic) bond motifs is 1. The second-order valence-corrected chi connectivity index (χ2v) is 5.88. The number of phenolic OH excluding ortho intramolecular Hbond substituents is 2. The minimum Gasteiger partial charge on any atom is -0.508 e. The number of hydrogen-bond acceptors (Lipinski definition) is 4. The van der Waals surface area contributed by atoms with E-state index in [9.17, 15) is 15.0 Å². The van der Waals surface area contributed by atoms with Gasteiger partial charge in [0.1, 0.15) is 23.4 Å². The fourth-order valence-electron chi connectivity index (χ4n) is 2.63. The van der Waals surface area contributed by atoms with Crippen molar-refractivity contribution in [2.24, 2.45) is 0 Å². The molecule has 0 radical (unpaired) electrons. The van der Waals surface area contributed by atoms with Gasteiger partial charge in [-0.1, -0.05) is 24.8 Å². The van der Waals surface area contributed by atoms with Gasteiger partial charge in [0.25, 0.3) is 0 Å². The lowest BCUT2D eigenvalue weighted by Gasteiger charge is -2.08. The van der Waals surface area contributed by atoms with Crippen LogP contribution in [0.15, 0.2) is 54.6 Å². The zero-order valence-electron chi connectivity index (χ0n) is 13.3. The summed E-state index contributed by atoms with van der Waals surface area (Å²) < 4.78 is 5.71. The Morgan fingerprint density at radius 1 is 1.21 bits per heavy atom. The predicted molar refractivity (Wildman–Crippen MR) is 92.5 cm³/mol. The standard InChI is InChI=1S/C20H18O4/c1-12(2)19-11-16-18(24-19)10-8-15(20(16)23)17(22)9-5-13-3-6-14(21)7-4-13/h3-10,19,21,23H,1,11H2,2H3/b9-5+. The van der Waals surface area contributed by atoms with Crippen LogP contribution in [-0.2, 0) is 6.42 Å². The molecule has 0 spiro atoms. The quantitative estimate of drug-likeness (QED) is 0.509. The van der Waals surface area contributed by atoms with E-state index in [0.717, 1.165) is 11.1 Å². The average molecular weight is 322 g/mol. The van der Waals surface area contributed by atoms with Crippen molar-refractivity contribution in [1.29, 1.82) is 0 Å². The Morgan fingerprint density at radius 3 is 2.58 bits per heavy atom. The van der Waals surface area contributed by atoms with Gasteiger partial charge in [0.2, 0.25) is 0 Å². The van der Waals surface area contributed by atoms with E-state index in [1.165, 1.54) is 6.08 Å². The third-order valence-corrected chi connectivity index (χ3v) is 4.03. The molecule has 2 N–H and O–H groups in total. The fraction of sp³-hybridized carbons (Fsp3) is 0.150. The Hall–Kier alpha value is -3.01. The summed E-state index contributed by atoms with van der Waals surface area (Å²) in [6.45, 7) is 5.75. The maximum atomic E-state index is 12.4. The number of rotatable bonds is 4. The van der Waals surface area contributed by atoms with Gasteiger partial charge in [-0.25, -0.2) is 0 Å². The number of hydrogen-bond donors (Lipinski definition) is 2. The second-order valence-electron chi connectivity index (χ2n) is 5.88. The van der Waals surface area contributed by atoms with Gasteiger partial charge in [0.05, 0.1) is 5.56 Å². The number of carbonyl (C=O) groups is 1. The molecule has 1 atom stereocenters. The van der Waals surface area contributed by atoms with Gasteiger partial charge in [0, 0.05) is 12.0 Å². The number of phenols is 2. The maximum absolute atomic E-state index is 12.4. The van der Waals surface area contributed by atoms with Crippen molar-refractivity contribution in [3.63, 3.8) is 0 Å². The summed E-state index contributed by atoms with van der Waals surface area (Å²) in [4.78, 5) is 12.4. The molecule has 1 heterocycles. The molecule has 1 aliphatic heterocycles. The summed E-state index contributed by atoms with van der Waals surface area (Å²) in [5, 5.41) is 19.7. The van der Waals surface area contributed by atoms with Crippen molar-refractivity contribution in [2.75, 3.05) is 0 Å². The second kappa shape index (κ2) is 6.24. The van der Waals surface area contributed by atoms with E-state index in [1.54, 1.807) is 42.5 Å². The highest BCUT2D eigenvalue weighted by atomic mass is 16.5. The van der Waals surface area contributed by atoms with Crippen LogP contribution in [0.5, 0.6) is 17.2 Å². The molecule has 4 heteroatoms. The molecule has 3 rings (SSSR count). The summed E-state index contributed by atoms with van der Waals surface area (Å²) in [6, 6.07) is 9.77. The van der Waals surface area contributed by atoms with Crippen LogP contribution in [0.25, 0.3) is 6.08 Å². The van der Waals surface area contributed by atoms with Crippen LogP contribution in [0, 0.1) is 0 Å². The highest BCUT2D eigenvalue weighted by Gasteiger charge is 2.28. The van der Waals surface area contributed by atoms with Crippen molar-refractivity contribution in [3.05, 3.63) is 71.3 Å². The van der Waals surface area contributed by atoms with Gasteiger partial charge < -0.3 is 14.9 Å². The normalized spacial score (nSPS) is 16.0. The molecule has 0 bridgehead atoms. The van der Waals surface area contributed by atoms with E-state index in [1.807, 2.05) is 6.92 Å². The van der Waals surface area contributed by atoms with Crippen LogP contribution in [-0.4, -0.2) is 22.1 Å². The topological polar surface area (TPSA) is 66.8 Å². The minimum absolute atomic E-state index is 0.0309. The van der Waals surface area contributed by atoms with Crippen molar-refractivity contribution < 1.29 is 19.7 Å². The molecule has 0 fully saturated rings. The number of benzene rings is 2. The van der Waals surface area contributed by atoms with Gasteiger partial charge in [0.15, 0.2) is 5.78 Å². The van der Waals surface area contributed by atoms with Crippen molar-refractivity contribution >= 4 is 11.9 Å². The largest absolute Gasteiger partial charge is 0.508 e. The Bertz CT molecular complexity index is 831. The summed E-state index contributed by atoms with van der Waals surface area (Å²) in [5.41, 5.74) is 2.56. The summed E-state index contributed by atoms with van der Waals surface area (Å²) >= 11 is 0. The van der Waals surface area contributed by atoms with Crippen LogP contribution in [0.4, 0.5) is 0 Å². The molecule has 24 heavy (non-hydrogen) atoms. The Labute approximate surface area is 140 Å². The van der Waals surface area contributed by atoms with Crippen LogP contribution >= 0.6 is 0 Å². The maximum Gasteiger partial charge on any atom is 0.189 e. The van der Waals surface area contributed by atoms with Crippen LogP contribution < -0.4 is 4.74 Å². The smallest absolute Gasteiger partial charge is 0.189 e. The van der Waals surface area contributed by atoms with Crippen molar-refractivity contribution in [2.45, 2.75) is 19.4 Å². The van der Waals surface area contributed by atoms with Gasteiger partial charge in [-0.15, -0.1) is 0 Å². The third-order valence-electron chi connectivity index (χ3n) is 4.03. The SMILES string of the molecule is C=C(C)C1Cc2c(ccc(C(=O)/C=C/c3ccc(O)cc3)c2O)O1. The molecule has 4 nitrogen and oxygen atoms in total. The van der Waals surface area contributed by atoms with E-state index in [0.29, 0.717) is 17.7 Å². The number of allylic oxidation sites excluding steroid dienone is 1. The lowest BCUT2D eigenvalue weighted by atomic mass is 10.00. The Morgan fingerprint density at radius 2 is 1.92 bits per heavy atom. The van der Waals surface area contributed by atoms with Gasteiger partial charge >= 0.3 is 0 Å². The van der Waals surface area contributed by atoms with Crippen LogP contribution in [0.1, 0.15) is 28.4 Å². The molecule has 0 saturated carbocycles. The molecule has 0 amide bonds. The predicted octanol–water partition coefficient (Wildman–Crippen LogP) is 3.87. The summed E-state index contributed by atoms with van der Waals surface area (Å²) in [7, 11) is 0. The molecule has 1 unspecified atom stereocenters. The zero-order valence-corrected chi connectivity index (χ0v) is 13.3. The first kappa shape index (κ1) is 15.9. The number of carbonyl (C=O) groups excluding carboxylic acids is 1. The highest BCUT2D eigenvalue weighted by Crippen LogP contribution is 2.39. The molecule has 0 aliphatic carbocycles. The molecular weight excluding hydrogens is 304 g/mol. The summed E-state index contributed by atoms with van der Waals surface area (Å²) in [5.74, 6) is 0.445. The van der Waals surface area contributed by atoms with E-state index in [4.69, 9.17) is 4.74 Å². The average Bonchev–Trinajstić information content (AvgIpc) is 3.00. The highest BCUT2D eigenvalue weighted by molar-refractivity contribution is 6.09. The first-order valence-electron chi connectivity index (χ1n) is 7.64. The van der Waals surface area contributed by atoms with Crippen LogP contribution in [0.3, 0.4) is 0 Å². The van der Waals surface area contributed by atoms with E-state index in [-0.39, 0.29) is 28.9 Å². The fourth-order valence-corrected chi connectivity index (χ4v) is 2.63. The van der Waals surface area contributed by atoms with Crippen molar-refractivity contribution in [3.8, 4) is 17.2 Å².